The fraction of sp³-hybridized carbons (Fsp3) is 0.818. The van der Waals surface area contributed by atoms with Gasteiger partial charge in [0, 0.05) is 19.5 Å². The number of rotatable bonds is 6. The van der Waals surface area contributed by atoms with Crippen LogP contribution in [0.5, 0.6) is 0 Å². The van der Waals surface area contributed by atoms with Crippen molar-refractivity contribution in [1.82, 2.24) is 19.7 Å². The molecule has 5 nitrogen and oxygen atoms in total. The molecule has 0 amide bonds. The molecular formula is C11H22N4O. The topological polar surface area (TPSA) is 54.2 Å². The van der Waals surface area contributed by atoms with Crippen LogP contribution in [0.3, 0.4) is 0 Å². The number of nitrogens with zero attached hydrogens (tertiary/aromatic N) is 4. The molecule has 0 aliphatic rings. The van der Waals surface area contributed by atoms with Gasteiger partial charge < -0.3 is 9.67 Å². The molecule has 1 heterocycles. The second kappa shape index (κ2) is 5.96. The fourth-order valence-corrected chi connectivity index (χ4v) is 1.71. The van der Waals surface area contributed by atoms with E-state index < -0.39 is 0 Å². The Kier molecular flexibility index (Phi) is 4.89. The molecule has 0 aromatic carbocycles. The zero-order chi connectivity index (χ0) is 12.1. The standard InChI is InChI=1S/C11H22N4O/c1-5-15(6-7-16)8-10-12-13-11(9(2)3)14(10)4/h9,16H,5-8H2,1-4H3. The highest BCUT2D eigenvalue weighted by Gasteiger charge is 2.13. The van der Waals surface area contributed by atoms with E-state index in [4.69, 9.17) is 5.11 Å². The van der Waals surface area contributed by atoms with E-state index in [9.17, 15) is 0 Å². The Hall–Kier alpha value is -0.940. The average molecular weight is 226 g/mol. The molecule has 0 saturated carbocycles. The van der Waals surface area contributed by atoms with Crippen LogP contribution in [0, 0.1) is 0 Å². The van der Waals surface area contributed by atoms with Crippen LogP contribution in [0.1, 0.15) is 38.3 Å². The SMILES string of the molecule is CCN(CCO)Cc1nnc(C(C)C)n1C. The second-order valence-electron chi connectivity index (χ2n) is 4.28. The van der Waals surface area contributed by atoms with E-state index in [1.165, 1.54) is 0 Å². The minimum Gasteiger partial charge on any atom is -0.395 e. The van der Waals surface area contributed by atoms with Crippen molar-refractivity contribution in [3.63, 3.8) is 0 Å². The van der Waals surface area contributed by atoms with Gasteiger partial charge >= 0.3 is 0 Å². The summed E-state index contributed by atoms with van der Waals surface area (Å²) in [6, 6.07) is 0. The molecule has 1 aromatic rings. The minimum absolute atomic E-state index is 0.183. The highest BCUT2D eigenvalue weighted by Crippen LogP contribution is 2.12. The summed E-state index contributed by atoms with van der Waals surface area (Å²) in [5.41, 5.74) is 0. The molecule has 5 heteroatoms. The van der Waals surface area contributed by atoms with Crippen LogP contribution in [0.25, 0.3) is 0 Å². The summed E-state index contributed by atoms with van der Waals surface area (Å²) in [4.78, 5) is 2.15. The Morgan fingerprint density at radius 2 is 2.06 bits per heavy atom. The molecule has 0 aliphatic heterocycles. The van der Waals surface area contributed by atoms with Crippen molar-refractivity contribution < 1.29 is 5.11 Å². The van der Waals surface area contributed by atoms with Gasteiger partial charge in [-0.15, -0.1) is 10.2 Å². The van der Waals surface area contributed by atoms with Crippen molar-refractivity contribution >= 4 is 0 Å². The van der Waals surface area contributed by atoms with Crippen LogP contribution in [0.2, 0.25) is 0 Å². The van der Waals surface area contributed by atoms with Crippen LogP contribution in [-0.4, -0.2) is 44.5 Å². The summed E-state index contributed by atoms with van der Waals surface area (Å²) < 4.78 is 2.05. The first-order chi connectivity index (χ1) is 7.60. The van der Waals surface area contributed by atoms with E-state index in [1.807, 2.05) is 11.6 Å². The van der Waals surface area contributed by atoms with E-state index in [-0.39, 0.29) is 6.61 Å². The fourth-order valence-electron chi connectivity index (χ4n) is 1.71. The van der Waals surface area contributed by atoms with Gasteiger partial charge in [0.05, 0.1) is 13.2 Å². The van der Waals surface area contributed by atoms with E-state index in [1.54, 1.807) is 0 Å². The Balaban J connectivity index is 2.73. The molecule has 0 spiro atoms. The lowest BCUT2D eigenvalue weighted by molar-refractivity contribution is 0.192. The predicted molar refractivity (Wildman–Crippen MR) is 63.1 cm³/mol. The number of aliphatic hydroxyl groups excluding tert-OH is 1. The quantitative estimate of drug-likeness (QED) is 0.778. The number of aromatic nitrogens is 3. The summed E-state index contributed by atoms with van der Waals surface area (Å²) in [5, 5.41) is 17.3. The summed E-state index contributed by atoms with van der Waals surface area (Å²) in [6.45, 7) is 8.81. The maximum absolute atomic E-state index is 8.92. The minimum atomic E-state index is 0.183. The number of hydrogen-bond donors (Lipinski definition) is 1. The third kappa shape index (κ3) is 3.02. The highest BCUT2D eigenvalue weighted by molar-refractivity contribution is 4.99. The van der Waals surface area contributed by atoms with Crippen LogP contribution < -0.4 is 0 Å². The Morgan fingerprint density at radius 3 is 2.50 bits per heavy atom. The molecule has 16 heavy (non-hydrogen) atoms. The molecule has 1 aromatic heterocycles. The second-order valence-corrected chi connectivity index (χ2v) is 4.28. The normalized spacial score (nSPS) is 11.7. The van der Waals surface area contributed by atoms with E-state index >= 15 is 0 Å². The Labute approximate surface area is 97.1 Å². The first-order valence-electron chi connectivity index (χ1n) is 5.81. The summed E-state index contributed by atoms with van der Waals surface area (Å²) in [5.74, 6) is 2.35. The Morgan fingerprint density at radius 1 is 1.38 bits per heavy atom. The van der Waals surface area contributed by atoms with Crippen molar-refractivity contribution in [3.8, 4) is 0 Å². The van der Waals surface area contributed by atoms with Crippen molar-refractivity contribution in [2.75, 3.05) is 19.7 Å². The van der Waals surface area contributed by atoms with Gasteiger partial charge in [0.1, 0.15) is 11.6 Å². The lowest BCUT2D eigenvalue weighted by Crippen LogP contribution is -2.27. The number of likely N-dealkylation sites (N-methyl/N-ethyl adjacent to an activating group) is 1. The van der Waals surface area contributed by atoms with Gasteiger partial charge in [-0.1, -0.05) is 20.8 Å². The third-order valence-electron chi connectivity index (χ3n) is 2.74. The molecule has 1 N–H and O–H groups in total. The molecular weight excluding hydrogens is 204 g/mol. The van der Waals surface area contributed by atoms with Crippen molar-refractivity contribution in [1.29, 1.82) is 0 Å². The molecule has 0 fully saturated rings. The molecule has 0 aliphatic carbocycles. The monoisotopic (exact) mass is 226 g/mol. The van der Waals surface area contributed by atoms with Crippen LogP contribution in [0.4, 0.5) is 0 Å². The summed E-state index contributed by atoms with van der Waals surface area (Å²) >= 11 is 0. The molecule has 0 bridgehead atoms. The highest BCUT2D eigenvalue weighted by atomic mass is 16.3. The van der Waals surface area contributed by atoms with Gasteiger partial charge in [-0.05, 0) is 6.54 Å². The van der Waals surface area contributed by atoms with Gasteiger partial charge in [-0.3, -0.25) is 4.90 Å². The Bertz CT molecular complexity index is 322. The third-order valence-corrected chi connectivity index (χ3v) is 2.74. The lowest BCUT2D eigenvalue weighted by atomic mass is 10.2. The van der Waals surface area contributed by atoms with Crippen LogP contribution >= 0.6 is 0 Å². The average Bonchev–Trinajstić information content (AvgIpc) is 2.60. The van der Waals surface area contributed by atoms with Gasteiger partial charge in [-0.2, -0.15) is 0 Å². The molecule has 0 saturated heterocycles. The van der Waals surface area contributed by atoms with Gasteiger partial charge in [0.25, 0.3) is 0 Å². The number of hydrogen-bond acceptors (Lipinski definition) is 4. The smallest absolute Gasteiger partial charge is 0.146 e. The van der Waals surface area contributed by atoms with Crippen LogP contribution in [-0.2, 0) is 13.6 Å². The molecule has 0 unspecified atom stereocenters. The number of aliphatic hydroxyl groups is 1. The molecule has 0 atom stereocenters. The van der Waals surface area contributed by atoms with E-state index in [2.05, 4.69) is 35.9 Å². The van der Waals surface area contributed by atoms with Crippen molar-refractivity contribution in [2.24, 2.45) is 7.05 Å². The maximum atomic E-state index is 8.92. The summed E-state index contributed by atoms with van der Waals surface area (Å²) in [7, 11) is 2.00. The lowest BCUT2D eigenvalue weighted by Gasteiger charge is -2.18. The summed E-state index contributed by atoms with van der Waals surface area (Å²) in [6.07, 6.45) is 0. The maximum Gasteiger partial charge on any atom is 0.146 e. The van der Waals surface area contributed by atoms with Crippen LogP contribution in [0.15, 0.2) is 0 Å². The van der Waals surface area contributed by atoms with Gasteiger partial charge in [-0.25, -0.2) is 0 Å². The zero-order valence-electron chi connectivity index (χ0n) is 10.6. The first kappa shape index (κ1) is 13.1. The van der Waals surface area contributed by atoms with Crippen molar-refractivity contribution in [3.05, 3.63) is 11.6 Å². The first-order valence-corrected chi connectivity index (χ1v) is 5.81. The zero-order valence-corrected chi connectivity index (χ0v) is 10.6. The predicted octanol–water partition coefficient (Wildman–Crippen LogP) is 0.753. The van der Waals surface area contributed by atoms with Gasteiger partial charge in [0.15, 0.2) is 0 Å². The van der Waals surface area contributed by atoms with E-state index in [0.717, 1.165) is 24.7 Å². The molecule has 1 rings (SSSR count). The van der Waals surface area contributed by atoms with Gasteiger partial charge in [0.2, 0.25) is 0 Å². The van der Waals surface area contributed by atoms with E-state index in [0.29, 0.717) is 12.5 Å². The molecule has 92 valence electrons. The van der Waals surface area contributed by atoms with Crippen molar-refractivity contribution in [2.45, 2.75) is 33.2 Å². The largest absolute Gasteiger partial charge is 0.395 e. The molecule has 0 radical (unpaired) electrons.